The van der Waals surface area contributed by atoms with Gasteiger partial charge in [-0.05, 0) is 37.8 Å². The summed E-state index contributed by atoms with van der Waals surface area (Å²) >= 11 is 0. The third kappa shape index (κ3) is 3.33. The molecule has 0 bridgehead atoms. The van der Waals surface area contributed by atoms with Crippen LogP contribution in [0.3, 0.4) is 0 Å². The number of carbonyl (C=O) groups excluding carboxylic acids is 1. The van der Waals surface area contributed by atoms with Gasteiger partial charge in [-0.2, -0.15) is 0 Å². The summed E-state index contributed by atoms with van der Waals surface area (Å²) in [5.41, 5.74) is 6.26. The molecule has 2 fully saturated rings. The molecule has 0 unspecified atom stereocenters. The molecule has 0 spiro atoms. The fourth-order valence-electron chi connectivity index (χ4n) is 2.89. The van der Waals surface area contributed by atoms with Crippen LogP contribution in [0.2, 0.25) is 0 Å². The highest BCUT2D eigenvalue weighted by molar-refractivity contribution is 5.94. The molecule has 3 rings (SSSR count). The monoisotopic (exact) mass is 290 g/mol. The molecule has 1 aromatic heterocycles. The number of nitrogens with zero attached hydrogens (tertiary/aromatic N) is 2. The number of ether oxygens (including phenoxy) is 1. The average Bonchev–Trinajstić information content (AvgIpc) is 3.19. The Hall–Kier alpha value is -1.66. The first kappa shape index (κ1) is 14.3. The number of rotatable bonds is 4. The van der Waals surface area contributed by atoms with Gasteiger partial charge in [0.15, 0.2) is 0 Å². The molecule has 3 heterocycles. The third-order valence-electron chi connectivity index (χ3n) is 4.11. The number of hydrogen-bond donors (Lipinski definition) is 2. The number of hydrogen-bond acceptors (Lipinski definition) is 5. The molecule has 1 aromatic rings. The summed E-state index contributed by atoms with van der Waals surface area (Å²) in [4.78, 5) is 18.8. The molecule has 0 aliphatic carbocycles. The molecule has 21 heavy (non-hydrogen) atoms. The molecular formula is C15H22N4O2. The van der Waals surface area contributed by atoms with Crippen LogP contribution in [0, 0.1) is 0 Å². The van der Waals surface area contributed by atoms with Crippen LogP contribution < -0.4 is 16.0 Å². The fraction of sp³-hybridized carbons (Fsp3) is 0.600. The van der Waals surface area contributed by atoms with Crippen molar-refractivity contribution in [3.05, 3.63) is 18.3 Å². The van der Waals surface area contributed by atoms with Gasteiger partial charge in [0.25, 0.3) is 5.91 Å². The van der Waals surface area contributed by atoms with E-state index in [1.54, 1.807) is 6.20 Å². The van der Waals surface area contributed by atoms with Crippen molar-refractivity contribution in [3.8, 4) is 0 Å². The highest BCUT2D eigenvalue weighted by Crippen LogP contribution is 2.22. The van der Waals surface area contributed by atoms with Gasteiger partial charge in [0.2, 0.25) is 0 Å². The van der Waals surface area contributed by atoms with Crippen LogP contribution in [0.1, 0.15) is 25.7 Å². The van der Waals surface area contributed by atoms with Crippen LogP contribution in [-0.4, -0.2) is 42.7 Å². The summed E-state index contributed by atoms with van der Waals surface area (Å²) in [6.45, 7) is 2.60. The van der Waals surface area contributed by atoms with Crippen molar-refractivity contribution < 1.29 is 9.53 Å². The smallest absolute Gasteiger partial charge is 0.253 e. The Morgan fingerprint density at radius 2 is 2.19 bits per heavy atom. The summed E-state index contributed by atoms with van der Waals surface area (Å²) in [7, 11) is 0. The average molecular weight is 290 g/mol. The minimum Gasteiger partial charge on any atom is -0.364 e. The number of carbonyl (C=O) groups is 1. The number of anilines is 2. The molecule has 1 amide bonds. The second-order valence-corrected chi connectivity index (χ2v) is 5.65. The maximum absolute atomic E-state index is 12.1. The van der Waals surface area contributed by atoms with E-state index < -0.39 is 6.10 Å². The van der Waals surface area contributed by atoms with Crippen LogP contribution in [0.4, 0.5) is 11.5 Å². The van der Waals surface area contributed by atoms with Crippen molar-refractivity contribution in [3.63, 3.8) is 0 Å². The molecule has 114 valence electrons. The highest BCUT2D eigenvalue weighted by atomic mass is 16.5. The lowest BCUT2D eigenvalue weighted by atomic mass is 10.2. The van der Waals surface area contributed by atoms with Crippen molar-refractivity contribution in [2.45, 2.75) is 37.9 Å². The Bertz CT molecular complexity index is 485. The van der Waals surface area contributed by atoms with E-state index in [9.17, 15) is 4.79 Å². The normalized spacial score (nSPS) is 25.3. The van der Waals surface area contributed by atoms with Gasteiger partial charge in [0.05, 0.1) is 18.0 Å². The van der Waals surface area contributed by atoms with Gasteiger partial charge in [-0.15, -0.1) is 0 Å². The van der Waals surface area contributed by atoms with E-state index >= 15 is 0 Å². The largest absolute Gasteiger partial charge is 0.364 e. The molecule has 2 saturated heterocycles. The maximum atomic E-state index is 12.1. The Kier molecular flexibility index (Phi) is 4.36. The van der Waals surface area contributed by atoms with Crippen molar-refractivity contribution in [2.24, 2.45) is 5.73 Å². The van der Waals surface area contributed by atoms with E-state index in [0.29, 0.717) is 12.2 Å². The first-order chi connectivity index (χ1) is 10.3. The topological polar surface area (TPSA) is 80.5 Å². The van der Waals surface area contributed by atoms with E-state index in [4.69, 9.17) is 10.5 Å². The number of aromatic nitrogens is 1. The highest BCUT2D eigenvalue weighted by Gasteiger charge is 2.29. The third-order valence-corrected chi connectivity index (χ3v) is 4.11. The summed E-state index contributed by atoms with van der Waals surface area (Å²) in [5, 5.41) is 2.86. The van der Waals surface area contributed by atoms with Gasteiger partial charge < -0.3 is 20.7 Å². The molecule has 6 nitrogen and oxygen atoms in total. The molecule has 0 saturated carbocycles. The number of nitrogens with one attached hydrogen (secondary N) is 1. The van der Waals surface area contributed by atoms with Gasteiger partial charge in [0.1, 0.15) is 11.9 Å². The Labute approximate surface area is 124 Å². The summed E-state index contributed by atoms with van der Waals surface area (Å²) in [6, 6.07) is 3.85. The van der Waals surface area contributed by atoms with Gasteiger partial charge >= 0.3 is 0 Å². The van der Waals surface area contributed by atoms with Crippen molar-refractivity contribution in [2.75, 3.05) is 29.9 Å². The maximum Gasteiger partial charge on any atom is 0.253 e. The standard InChI is InChI=1S/C15H22N4O2/c16-9-12-4-5-13(21-12)15(20)18-11-3-6-14(17-10-11)19-7-1-2-8-19/h3,6,10,12-13H,1-2,4-5,7-9,16H2,(H,18,20)/t12-,13+/m1/s1. The van der Waals surface area contributed by atoms with E-state index in [1.165, 1.54) is 12.8 Å². The van der Waals surface area contributed by atoms with Crippen LogP contribution in [0.25, 0.3) is 0 Å². The molecule has 3 N–H and O–H groups in total. The van der Waals surface area contributed by atoms with Crippen LogP contribution in [0.5, 0.6) is 0 Å². The number of nitrogens with two attached hydrogens (primary N) is 1. The molecule has 2 aliphatic rings. The first-order valence-electron chi connectivity index (χ1n) is 7.63. The van der Waals surface area contributed by atoms with E-state index in [1.807, 2.05) is 12.1 Å². The van der Waals surface area contributed by atoms with Gasteiger partial charge in [-0.25, -0.2) is 4.98 Å². The molecule has 2 atom stereocenters. The first-order valence-corrected chi connectivity index (χ1v) is 7.63. The zero-order valence-electron chi connectivity index (χ0n) is 12.1. The summed E-state index contributed by atoms with van der Waals surface area (Å²) < 4.78 is 5.58. The summed E-state index contributed by atoms with van der Waals surface area (Å²) in [6.07, 6.45) is 5.35. The van der Waals surface area contributed by atoms with Gasteiger partial charge in [0, 0.05) is 19.6 Å². The zero-order valence-corrected chi connectivity index (χ0v) is 12.1. The minimum atomic E-state index is -0.392. The van der Waals surface area contributed by atoms with Crippen molar-refractivity contribution in [1.82, 2.24) is 4.98 Å². The lowest BCUT2D eigenvalue weighted by Crippen LogP contribution is -2.29. The molecule has 6 heteroatoms. The SMILES string of the molecule is NC[C@H]1CC[C@@H](C(=O)Nc2ccc(N3CCCC3)nc2)O1. The number of amides is 1. The predicted molar refractivity (Wildman–Crippen MR) is 81.3 cm³/mol. The zero-order chi connectivity index (χ0) is 14.7. The minimum absolute atomic E-state index is 0.0106. The predicted octanol–water partition coefficient (Wildman–Crippen LogP) is 1.13. The lowest BCUT2D eigenvalue weighted by Gasteiger charge is -2.17. The van der Waals surface area contributed by atoms with E-state index in [0.717, 1.165) is 31.7 Å². The second-order valence-electron chi connectivity index (χ2n) is 5.65. The Morgan fingerprint density at radius 1 is 1.38 bits per heavy atom. The van der Waals surface area contributed by atoms with Crippen molar-refractivity contribution >= 4 is 17.4 Å². The van der Waals surface area contributed by atoms with Crippen molar-refractivity contribution in [1.29, 1.82) is 0 Å². The molecular weight excluding hydrogens is 268 g/mol. The second kappa shape index (κ2) is 6.41. The quantitative estimate of drug-likeness (QED) is 0.869. The van der Waals surface area contributed by atoms with Crippen LogP contribution in [0.15, 0.2) is 18.3 Å². The van der Waals surface area contributed by atoms with E-state index in [-0.39, 0.29) is 12.0 Å². The Balaban J connectivity index is 1.56. The van der Waals surface area contributed by atoms with E-state index in [2.05, 4.69) is 15.2 Å². The lowest BCUT2D eigenvalue weighted by molar-refractivity contribution is -0.126. The molecule has 0 aromatic carbocycles. The van der Waals surface area contributed by atoms with Gasteiger partial charge in [-0.3, -0.25) is 4.79 Å². The van der Waals surface area contributed by atoms with Gasteiger partial charge in [-0.1, -0.05) is 0 Å². The molecule has 2 aliphatic heterocycles. The Morgan fingerprint density at radius 3 is 2.81 bits per heavy atom. The fourth-order valence-corrected chi connectivity index (χ4v) is 2.89. The number of pyridine rings is 1. The summed E-state index contributed by atoms with van der Waals surface area (Å²) in [5.74, 6) is 0.868. The van der Waals surface area contributed by atoms with Crippen LogP contribution >= 0.6 is 0 Å². The van der Waals surface area contributed by atoms with Crippen LogP contribution in [-0.2, 0) is 9.53 Å². The molecule has 0 radical (unpaired) electrons.